The van der Waals surface area contributed by atoms with Crippen molar-refractivity contribution in [3.63, 3.8) is 0 Å². The van der Waals surface area contributed by atoms with Crippen LogP contribution >= 0.6 is 0 Å². The molecular weight excluding hydrogens is 248 g/mol. The Labute approximate surface area is 122 Å². The van der Waals surface area contributed by atoms with Crippen LogP contribution in [-0.2, 0) is 11.2 Å². The van der Waals surface area contributed by atoms with Crippen LogP contribution in [0.1, 0.15) is 62.7 Å². The van der Waals surface area contributed by atoms with Crippen molar-refractivity contribution in [2.45, 2.75) is 63.6 Å². The fourth-order valence-electron chi connectivity index (χ4n) is 3.93. The van der Waals surface area contributed by atoms with Gasteiger partial charge in [0.05, 0.1) is 11.7 Å². The highest BCUT2D eigenvalue weighted by Crippen LogP contribution is 2.45. The number of aryl methyl sites for hydroxylation is 1. The molecule has 2 atom stereocenters. The van der Waals surface area contributed by atoms with Gasteiger partial charge in [-0.25, -0.2) is 0 Å². The molecule has 3 rings (SSSR count). The molecule has 1 aliphatic carbocycles. The zero-order chi connectivity index (χ0) is 14.0. The van der Waals surface area contributed by atoms with Gasteiger partial charge in [0.1, 0.15) is 0 Å². The molecular formula is C18H26O2. The van der Waals surface area contributed by atoms with E-state index in [1.165, 1.54) is 31.2 Å². The van der Waals surface area contributed by atoms with Crippen molar-refractivity contribution < 1.29 is 9.84 Å². The molecule has 0 aromatic heterocycles. The van der Waals surface area contributed by atoms with Gasteiger partial charge in [0.2, 0.25) is 0 Å². The number of ether oxygens (including phenoxy) is 1. The summed E-state index contributed by atoms with van der Waals surface area (Å²) in [6, 6.07) is 8.48. The van der Waals surface area contributed by atoms with Crippen LogP contribution in [-0.4, -0.2) is 17.3 Å². The molecule has 2 heteroatoms. The molecule has 1 aromatic rings. The maximum Gasteiger partial charge on any atom is 0.0820 e. The van der Waals surface area contributed by atoms with Gasteiger partial charge in [0.15, 0.2) is 0 Å². The highest BCUT2D eigenvalue weighted by atomic mass is 16.5. The first-order chi connectivity index (χ1) is 9.72. The van der Waals surface area contributed by atoms with E-state index in [-0.39, 0.29) is 11.7 Å². The zero-order valence-corrected chi connectivity index (χ0v) is 12.5. The van der Waals surface area contributed by atoms with E-state index in [2.05, 4.69) is 31.2 Å². The fraction of sp³-hybridized carbons (Fsp3) is 0.667. The summed E-state index contributed by atoms with van der Waals surface area (Å²) in [6.45, 7) is 2.97. The second-order valence-corrected chi connectivity index (χ2v) is 6.53. The summed E-state index contributed by atoms with van der Waals surface area (Å²) in [4.78, 5) is 0. The third kappa shape index (κ3) is 2.77. The maximum absolute atomic E-state index is 10.7. The Kier molecular flexibility index (Phi) is 4.13. The first kappa shape index (κ1) is 14.1. The van der Waals surface area contributed by atoms with E-state index in [4.69, 9.17) is 4.74 Å². The molecule has 2 unspecified atom stereocenters. The van der Waals surface area contributed by atoms with Gasteiger partial charge in [-0.2, -0.15) is 0 Å². The summed E-state index contributed by atoms with van der Waals surface area (Å²) in [5.74, 6) is 0.356. The Morgan fingerprint density at radius 2 is 1.95 bits per heavy atom. The van der Waals surface area contributed by atoms with Crippen LogP contribution in [0, 0.1) is 5.92 Å². The van der Waals surface area contributed by atoms with Gasteiger partial charge in [-0.05, 0) is 49.1 Å². The molecule has 0 radical (unpaired) electrons. The summed E-state index contributed by atoms with van der Waals surface area (Å²) < 4.78 is 6.07. The molecule has 2 fully saturated rings. The third-order valence-corrected chi connectivity index (χ3v) is 5.22. The number of rotatable bonds is 3. The lowest BCUT2D eigenvalue weighted by molar-refractivity contribution is -0.113. The third-order valence-electron chi connectivity index (χ3n) is 5.22. The van der Waals surface area contributed by atoms with Gasteiger partial charge < -0.3 is 9.84 Å². The van der Waals surface area contributed by atoms with Gasteiger partial charge in [-0.3, -0.25) is 0 Å². The monoisotopic (exact) mass is 274 g/mol. The van der Waals surface area contributed by atoms with Crippen molar-refractivity contribution >= 4 is 0 Å². The van der Waals surface area contributed by atoms with Gasteiger partial charge in [-0.15, -0.1) is 0 Å². The molecule has 1 aromatic carbocycles. The number of aliphatic hydroxyl groups is 1. The van der Waals surface area contributed by atoms with E-state index in [0.29, 0.717) is 5.92 Å². The average molecular weight is 274 g/mol. The Balaban J connectivity index is 1.70. The Hall–Kier alpha value is -0.860. The first-order valence-corrected chi connectivity index (χ1v) is 8.13. The Bertz CT molecular complexity index is 431. The Morgan fingerprint density at radius 3 is 2.60 bits per heavy atom. The molecule has 0 amide bonds. The second-order valence-electron chi connectivity index (χ2n) is 6.53. The largest absolute Gasteiger partial charge is 0.388 e. The van der Waals surface area contributed by atoms with Crippen molar-refractivity contribution in [2.75, 3.05) is 6.61 Å². The van der Waals surface area contributed by atoms with Gasteiger partial charge in [0.25, 0.3) is 0 Å². The molecule has 2 nitrogen and oxygen atoms in total. The van der Waals surface area contributed by atoms with Crippen LogP contribution in [0.15, 0.2) is 24.3 Å². The summed E-state index contributed by atoms with van der Waals surface area (Å²) >= 11 is 0. The van der Waals surface area contributed by atoms with Gasteiger partial charge >= 0.3 is 0 Å². The van der Waals surface area contributed by atoms with Crippen molar-refractivity contribution in [3.8, 4) is 0 Å². The molecule has 110 valence electrons. The molecule has 1 heterocycles. The van der Waals surface area contributed by atoms with Crippen molar-refractivity contribution in [2.24, 2.45) is 5.92 Å². The molecule has 2 aliphatic rings. The molecule has 1 saturated carbocycles. The number of hydrogen-bond acceptors (Lipinski definition) is 2. The second kappa shape index (κ2) is 5.87. The first-order valence-electron chi connectivity index (χ1n) is 8.13. The maximum atomic E-state index is 10.7. The molecule has 1 saturated heterocycles. The molecule has 1 spiro atoms. The number of hydrogen-bond donors (Lipinski definition) is 1. The van der Waals surface area contributed by atoms with Crippen LogP contribution in [0.3, 0.4) is 0 Å². The molecule has 1 N–H and O–H groups in total. The fourth-order valence-corrected chi connectivity index (χ4v) is 3.93. The summed E-state index contributed by atoms with van der Waals surface area (Å²) in [5.41, 5.74) is 2.50. The SMILES string of the molecule is CCc1ccc(C(O)C2CCOC3(CCCC3)C2)cc1. The minimum Gasteiger partial charge on any atom is -0.388 e. The van der Waals surface area contributed by atoms with Crippen molar-refractivity contribution in [1.29, 1.82) is 0 Å². The van der Waals surface area contributed by atoms with E-state index in [0.717, 1.165) is 31.4 Å². The summed E-state index contributed by atoms with van der Waals surface area (Å²) in [5, 5.41) is 10.7. The predicted octanol–water partition coefficient (Wildman–Crippen LogP) is 4.02. The van der Waals surface area contributed by atoms with Crippen molar-refractivity contribution in [3.05, 3.63) is 35.4 Å². The Morgan fingerprint density at radius 1 is 1.25 bits per heavy atom. The van der Waals surface area contributed by atoms with Crippen LogP contribution in [0.2, 0.25) is 0 Å². The highest BCUT2D eigenvalue weighted by Gasteiger charge is 2.41. The minimum absolute atomic E-state index is 0.0905. The lowest BCUT2D eigenvalue weighted by Crippen LogP contribution is -2.39. The molecule has 0 bridgehead atoms. The van der Waals surface area contributed by atoms with Crippen LogP contribution in [0.5, 0.6) is 0 Å². The number of benzene rings is 1. The topological polar surface area (TPSA) is 29.5 Å². The van der Waals surface area contributed by atoms with E-state index in [1.54, 1.807) is 0 Å². The molecule has 20 heavy (non-hydrogen) atoms. The molecule has 1 aliphatic heterocycles. The average Bonchev–Trinajstić information content (AvgIpc) is 2.94. The standard InChI is InChI=1S/C18H26O2/c1-2-14-5-7-15(8-6-14)17(19)16-9-12-20-18(13-16)10-3-4-11-18/h5-8,16-17,19H,2-4,9-13H2,1H3. The van der Waals surface area contributed by atoms with Crippen LogP contribution < -0.4 is 0 Å². The van der Waals surface area contributed by atoms with Gasteiger partial charge in [-0.1, -0.05) is 44.0 Å². The van der Waals surface area contributed by atoms with Crippen LogP contribution in [0.25, 0.3) is 0 Å². The van der Waals surface area contributed by atoms with Gasteiger partial charge in [0, 0.05) is 6.61 Å². The normalized spacial score (nSPS) is 26.8. The van der Waals surface area contributed by atoms with Crippen molar-refractivity contribution in [1.82, 2.24) is 0 Å². The number of aliphatic hydroxyl groups excluding tert-OH is 1. The summed E-state index contributed by atoms with van der Waals surface area (Å²) in [6.07, 6.45) is 7.68. The lowest BCUT2D eigenvalue weighted by atomic mass is 9.80. The van der Waals surface area contributed by atoms with E-state index >= 15 is 0 Å². The van der Waals surface area contributed by atoms with E-state index in [1.807, 2.05) is 0 Å². The minimum atomic E-state index is -0.331. The highest BCUT2D eigenvalue weighted by molar-refractivity contribution is 5.24. The lowest BCUT2D eigenvalue weighted by Gasteiger charge is -2.40. The predicted molar refractivity (Wildman–Crippen MR) is 80.7 cm³/mol. The summed E-state index contributed by atoms with van der Waals surface area (Å²) in [7, 11) is 0. The zero-order valence-electron chi connectivity index (χ0n) is 12.5. The van der Waals surface area contributed by atoms with E-state index < -0.39 is 0 Å². The smallest absolute Gasteiger partial charge is 0.0820 e. The van der Waals surface area contributed by atoms with Crippen LogP contribution in [0.4, 0.5) is 0 Å². The van der Waals surface area contributed by atoms with E-state index in [9.17, 15) is 5.11 Å². The quantitative estimate of drug-likeness (QED) is 0.902.